The molecule has 0 unspecified atom stereocenters. The van der Waals surface area contributed by atoms with Gasteiger partial charge in [0.2, 0.25) is 5.76 Å². The number of esters is 1. The molecule has 0 aliphatic heterocycles. The third kappa shape index (κ3) is 5.31. The molecule has 0 rings (SSSR count). The van der Waals surface area contributed by atoms with Crippen molar-refractivity contribution in [3.05, 3.63) is 11.8 Å². The van der Waals surface area contributed by atoms with Crippen molar-refractivity contribution in [3.63, 3.8) is 0 Å². The topological polar surface area (TPSA) is 72.8 Å². The second-order valence-corrected chi connectivity index (χ2v) is 2.46. The Kier molecular flexibility index (Phi) is 6.39. The van der Waals surface area contributed by atoms with Crippen LogP contribution in [0.1, 0.15) is 13.3 Å². The second-order valence-electron chi connectivity index (χ2n) is 2.46. The van der Waals surface area contributed by atoms with Crippen LogP contribution in [0, 0.1) is 0 Å². The molecule has 0 aliphatic carbocycles. The van der Waals surface area contributed by atoms with Gasteiger partial charge in [0.05, 0.1) is 13.2 Å². The first-order valence-corrected chi connectivity index (χ1v) is 4.21. The Balaban J connectivity index is 4.08. The molecule has 0 spiro atoms. The molecule has 0 saturated heterocycles. The van der Waals surface area contributed by atoms with Crippen LogP contribution in [0.3, 0.4) is 0 Å². The molecule has 80 valence electrons. The molecule has 14 heavy (non-hydrogen) atoms. The third-order valence-electron chi connectivity index (χ3n) is 1.33. The number of hydrogen-bond donors (Lipinski definition) is 1. The molecule has 1 N–H and O–H groups in total. The first-order chi connectivity index (χ1) is 6.61. The number of methoxy groups -OCH3 is 1. The predicted molar refractivity (Wildman–Crippen MR) is 48.8 cm³/mol. The summed E-state index contributed by atoms with van der Waals surface area (Å²) in [4.78, 5) is 21.8. The zero-order chi connectivity index (χ0) is 11.0. The van der Waals surface area contributed by atoms with Crippen LogP contribution in [0.25, 0.3) is 0 Å². The molecule has 0 aromatic rings. The number of ketones is 1. The first kappa shape index (κ1) is 12.6. The number of carbonyl (C=O) groups excluding carboxylic acids is 2. The van der Waals surface area contributed by atoms with Gasteiger partial charge in [-0.1, -0.05) is 0 Å². The van der Waals surface area contributed by atoms with Crippen LogP contribution >= 0.6 is 0 Å². The monoisotopic (exact) mass is 202 g/mol. The highest BCUT2D eigenvalue weighted by Crippen LogP contribution is 1.96. The molecule has 0 amide bonds. The fraction of sp³-hybridized carbons (Fsp3) is 0.556. The third-order valence-corrected chi connectivity index (χ3v) is 1.33. The molecule has 0 aliphatic rings. The largest absolute Gasteiger partial charge is 0.502 e. The van der Waals surface area contributed by atoms with Crippen LogP contribution < -0.4 is 0 Å². The van der Waals surface area contributed by atoms with Gasteiger partial charge < -0.3 is 14.6 Å². The fourth-order valence-corrected chi connectivity index (χ4v) is 0.691. The summed E-state index contributed by atoms with van der Waals surface area (Å²) < 4.78 is 9.12. The summed E-state index contributed by atoms with van der Waals surface area (Å²) in [5.74, 6) is -1.94. The average Bonchev–Trinajstić information content (AvgIpc) is 2.15. The van der Waals surface area contributed by atoms with Crippen molar-refractivity contribution in [1.82, 2.24) is 0 Å². The van der Waals surface area contributed by atoms with Crippen molar-refractivity contribution in [2.45, 2.75) is 13.3 Å². The first-order valence-electron chi connectivity index (χ1n) is 4.21. The minimum Gasteiger partial charge on any atom is -0.502 e. The van der Waals surface area contributed by atoms with Gasteiger partial charge in [-0.3, -0.25) is 4.79 Å². The Labute approximate surface area is 82.3 Å². The Bertz CT molecular complexity index is 231. The number of hydrogen-bond acceptors (Lipinski definition) is 5. The van der Waals surface area contributed by atoms with Gasteiger partial charge in [-0.25, -0.2) is 4.79 Å². The molecular formula is C9H14O5. The van der Waals surface area contributed by atoms with E-state index >= 15 is 0 Å². The number of allylic oxidation sites excluding steroid dienone is 1. The van der Waals surface area contributed by atoms with E-state index in [0.29, 0.717) is 0 Å². The van der Waals surface area contributed by atoms with E-state index in [1.165, 1.54) is 7.11 Å². The van der Waals surface area contributed by atoms with Crippen LogP contribution in [0.15, 0.2) is 11.8 Å². The molecule has 0 heterocycles. The van der Waals surface area contributed by atoms with Crippen molar-refractivity contribution in [3.8, 4) is 0 Å². The summed E-state index contributed by atoms with van der Waals surface area (Å²) >= 11 is 0. The minimum atomic E-state index is -0.890. The van der Waals surface area contributed by atoms with Crippen LogP contribution in [-0.2, 0) is 19.1 Å². The van der Waals surface area contributed by atoms with E-state index in [2.05, 4.69) is 9.47 Å². The zero-order valence-corrected chi connectivity index (χ0v) is 8.28. The number of aliphatic hydroxyl groups excluding tert-OH is 1. The van der Waals surface area contributed by atoms with E-state index in [-0.39, 0.29) is 25.4 Å². The fourth-order valence-electron chi connectivity index (χ4n) is 0.691. The van der Waals surface area contributed by atoms with E-state index in [1.54, 1.807) is 6.92 Å². The molecule has 0 fully saturated rings. The molecule has 0 bridgehead atoms. The van der Waals surface area contributed by atoms with Crippen LogP contribution in [0.5, 0.6) is 0 Å². The van der Waals surface area contributed by atoms with Crippen LogP contribution in [0.4, 0.5) is 0 Å². The Hall–Kier alpha value is -1.36. The van der Waals surface area contributed by atoms with Gasteiger partial charge >= 0.3 is 5.97 Å². The summed E-state index contributed by atoms with van der Waals surface area (Å²) in [5.41, 5.74) is 0. The number of aliphatic hydroxyl groups is 1. The Morgan fingerprint density at radius 2 is 2.07 bits per heavy atom. The lowest BCUT2D eigenvalue weighted by molar-refractivity contribution is -0.141. The molecular weight excluding hydrogens is 188 g/mol. The summed E-state index contributed by atoms with van der Waals surface area (Å²) in [6.07, 6.45) is 0.969. The minimum absolute atomic E-state index is 0.125. The van der Waals surface area contributed by atoms with E-state index in [0.717, 1.165) is 6.08 Å². The maximum Gasteiger partial charge on any atom is 0.373 e. The molecule has 0 radical (unpaired) electrons. The highest BCUT2D eigenvalue weighted by Gasteiger charge is 2.10. The van der Waals surface area contributed by atoms with Crippen LogP contribution in [0.2, 0.25) is 0 Å². The lowest BCUT2D eigenvalue weighted by Gasteiger charge is -1.99. The highest BCUT2D eigenvalue weighted by atomic mass is 16.5. The van der Waals surface area contributed by atoms with Gasteiger partial charge in [0.25, 0.3) is 0 Å². The maximum atomic E-state index is 11.0. The second kappa shape index (κ2) is 7.08. The number of carbonyl (C=O) groups is 2. The van der Waals surface area contributed by atoms with Gasteiger partial charge in [0, 0.05) is 19.6 Å². The molecule has 0 aromatic heterocycles. The quantitative estimate of drug-likeness (QED) is 0.388. The maximum absolute atomic E-state index is 11.0. The highest BCUT2D eigenvalue weighted by molar-refractivity contribution is 5.97. The van der Waals surface area contributed by atoms with Gasteiger partial charge in [0.15, 0.2) is 5.78 Å². The van der Waals surface area contributed by atoms with Crippen molar-refractivity contribution >= 4 is 11.8 Å². The molecule has 0 saturated carbocycles. The summed E-state index contributed by atoms with van der Waals surface area (Å²) in [7, 11) is 1.46. The number of rotatable bonds is 6. The van der Waals surface area contributed by atoms with Gasteiger partial charge in [-0.15, -0.1) is 0 Å². The van der Waals surface area contributed by atoms with E-state index in [4.69, 9.17) is 5.11 Å². The van der Waals surface area contributed by atoms with Gasteiger partial charge in [0.1, 0.15) is 0 Å². The zero-order valence-electron chi connectivity index (χ0n) is 8.28. The summed E-state index contributed by atoms with van der Waals surface area (Å²) in [6.45, 7) is 2.02. The number of ether oxygens (including phenoxy) is 2. The predicted octanol–water partition coefficient (Wildman–Crippen LogP) is 0.597. The van der Waals surface area contributed by atoms with Crippen LogP contribution in [-0.4, -0.2) is 37.2 Å². The Morgan fingerprint density at radius 3 is 2.57 bits per heavy atom. The summed E-state index contributed by atoms with van der Waals surface area (Å²) in [6, 6.07) is 0. The van der Waals surface area contributed by atoms with Crippen molar-refractivity contribution in [2.75, 3.05) is 20.3 Å². The summed E-state index contributed by atoms with van der Waals surface area (Å²) in [5, 5.41) is 9.04. The lowest BCUT2D eigenvalue weighted by Crippen LogP contribution is -2.09. The molecule has 5 nitrogen and oxygen atoms in total. The molecule has 0 atom stereocenters. The van der Waals surface area contributed by atoms with E-state index in [1.807, 2.05) is 0 Å². The smallest absolute Gasteiger partial charge is 0.373 e. The normalized spacial score (nSPS) is 11.1. The molecule has 0 aromatic carbocycles. The van der Waals surface area contributed by atoms with E-state index < -0.39 is 11.7 Å². The van der Waals surface area contributed by atoms with E-state index in [9.17, 15) is 9.59 Å². The SMILES string of the molecule is CCOC(=O)C(O)=CC(=O)CCOC. The standard InChI is InChI=1S/C9H14O5/c1-3-14-9(12)8(11)6-7(10)4-5-13-2/h6,11H,3-5H2,1-2H3. The Morgan fingerprint density at radius 1 is 1.43 bits per heavy atom. The van der Waals surface area contributed by atoms with Gasteiger partial charge in [-0.05, 0) is 6.92 Å². The molecule has 5 heteroatoms. The van der Waals surface area contributed by atoms with Crippen molar-refractivity contribution in [2.24, 2.45) is 0 Å². The van der Waals surface area contributed by atoms with Crippen molar-refractivity contribution < 1.29 is 24.2 Å². The average molecular weight is 202 g/mol. The van der Waals surface area contributed by atoms with Gasteiger partial charge in [-0.2, -0.15) is 0 Å². The lowest BCUT2D eigenvalue weighted by atomic mass is 10.2. The van der Waals surface area contributed by atoms with Crippen molar-refractivity contribution in [1.29, 1.82) is 0 Å².